The smallest absolute Gasteiger partial charge is 0.244 e. The van der Waals surface area contributed by atoms with Gasteiger partial charge in [-0.05, 0) is 42.5 Å². The first-order chi connectivity index (χ1) is 12.5. The lowest BCUT2D eigenvalue weighted by molar-refractivity contribution is -0.135. The van der Waals surface area contributed by atoms with Crippen LogP contribution in [-0.4, -0.2) is 53.3 Å². The van der Waals surface area contributed by atoms with Gasteiger partial charge in [0.25, 0.3) is 0 Å². The molecule has 1 aliphatic carbocycles. The highest BCUT2D eigenvalue weighted by molar-refractivity contribution is 6.00. The summed E-state index contributed by atoms with van der Waals surface area (Å²) in [6.45, 7) is 3.54. The fourth-order valence-corrected chi connectivity index (χ4v) is 4.23. The number of aromatic amines is 1. The van der Waals surface area contributed by atoms with Crippen LogP contribution >= 0.6 is 0 Å². The van der Waals surface area contributed by atoms with E-state index in [0.717, 1.165) is 11.9 Å². The Morgan fingerprint density at radius 3 is 3.12 bits per heavy atom. The maximum atomic E-state index is 12.8. The Hall–Kier alpha value is -2.15. The first kappa shape index (κ1) is 17.3. The number of nitrogens with zero attached hydrogens (tertiary/aromatic N) is 1. The summed E-state index contributed by atoms with van der Waals surface area (Å²) in [5, 5.41) is 15.3. The number of carbonyl (C=O) groups is 1. The third-order valence-corrected chi connectivity index (χ3v) is 5.63. The van der Waals surface area contributed by atoms with Gasteiger partial charge in [-0.1, -0.05) is 18.2 Å². The minimum absolute atomic E-state index is 0.0389. The molecule has 138 valence electrons. The standard InChI is InChI=1S/C20H26N4O2/c1-20-10-14-11-21-17-6-3-5-15(18(14)17)16(20)9-13(12-22-20)19(26)24(2)23-7-4-8-25/h3,5-6,9,11,13,21-23,25H,4,7-8,10,12H2,1-2H3/t13-,20-/m1/s1. The Morgan fingerprint density at radius 2 is 2.31 bits per heavy atom. The summed E-state index contributed by atoms with van der Waals surface area (Å²) in [6.07, 6.45) is 5.79. The molecule has 1 aliphatic heterocycles. The number of amides is 1. The molecular formula is C20H26N4O2. The summed E-state index contributed by atoms with van der Waals surface area (Å²) in [7, 11) is 1.75. The van der Waals surface area contributed by atoms with Crippen molar-refractivity contribution in [1.29, 1.82) is 0 Å². The number of aliphatic hydroxyl groups excluding tert-OH is 1. The molecule has 1 aromatic heterocycles. The van der Waals surface area contributed by atoms with Crippen LogP contribution in [0.1, 0.15) is 24.5 Å². The van der Waals surface area contributed by atoms with Crippen LogP contribution in [0.5, 0.6) is 0 Å². The van der Waals surface area contributed by atoms with Crippen molar-refractivity contribution in [3.8, 4) is 0 Å². The highest BCUT2D eigenvalue weighted by atomic mass is 16.3. The van der Waals surface area contributed by atoms with Crippen LogP contribution in [0.4, 0.5) is 0 Å². The largest absolute Gasteiger partial charge is 0.396 e. The first-order valence-corrected chi connectivity index (χ1v) is 9.22. The molecule has 0 radical (unpaired) electrons. The van der Waals surface area contributed by atoms with Crippen molar-refractivity contribution in [2.45, 2.75) is 25.3 Å². The molecule has 2 aliphatic rings. The van der Waals surface area contributed by atoms with E-state index in [9.17, 15) is 4.79 Å². The number of rotatable bonds is 5. The van der Waals surface area contributed by atoms with Crippen LogP contribution < -0.4 is 10.7 Å². The van der Waals surface area contributed by atoms with E-state index >= 15 is 0 Å². The van der Waals surface area contributed by atoms with E-state index in [1.165, 1.54) is 22.1 Å². The molecule has 26 heavy (non-hydrogen) atoms. The predicted molar refractivity (Wildman–Crippen MR) is 102 cm³/mol. The number of benzene rings is 1. The SMILES string of the molecule is CN(NCCCO)C(=O)[C@@H]1C=C2c3cccc4[nH]cc(c34)C[C@@]2(C)NC1. The van der Waals surface area contributed by atoms with Crippen molar-refractivity contribution < 1.29 is 9.90 Å². The lowest BCUT2D eigenvalue weighted by Crippen LogP contribution is -2.54. The van der Waals surface area contributed by atoms with Gasteiger partial charge in [-0.3, -0.25) is 9.80 Å². The molecule has 2 atom stereocenters. The Kier molecular flexibility index (Phi) is 4.34. The van der Waals surface area contributed by atoms with Crippen LogP contribution in [0.2, 0.25) is 0 Å². The zero-order valence-corrected chi connectivity index (χ0v) is 15.3. The number of hydrazine groups is 1. The Morgan fingerprint density at radius 1 is 1.46 bits per heavy atom. The van der Waals surface area contributed by atoms with Crippen LogP contribution in [0.15, 0.2) is 30.5 Å². The number of aromatic nitrogens is 1. The van der Waals surface area contributed by atoms with Crippen molar-refractivity contribution >= 4 is 22.4 Å². The third kappa shape index (κ3) is 2.74. The van der Waals surface area contributed by atoms with Crippen molar-refractivity contribution in [1.82, 2.24) is 20.7 Å². The van der Waals surface area contributed by atoms with E-state index in [2.05, 4.69) is 53.1 Å². The van der Waals surface area contributed by atoms with Gasteiger partial charge in [0.1, 0.15) is 0 Å². The van der Waals surface area contributed by atoms with E-state index in [1.54, 1.807) is 12.1 Å². The second-order valence-corrected chi connectivity index (χ2v) is 7.50. The highest BCUT2D eigenvalue weighted by Crippen LogP contribution is 2.43. The fraction of sp³-hybridized carbons (Fsp3) is 0.450. The lowest BCUT2D eigenvalue weighted by Gasteiger charge is -2.42. The quantitative estimate of drug-likeness (QED) is 0.484. The molecule has 6 nitrogen and oxygen atoms in total. The molecule has 1 aromatic carbocycles. The molecule has 0 bridgehead atoms. The Balaban J connectivity index is 1.66. The average Bonchev–Trinajstić information content (AvgIpc) is 3.04. The number of nitrogens with one attached hydrogen (secondary N) is 3. The lowest BCUT2D eigenvalue weighted by atomic mass is 9.72. The van der Waals surface area contributed by atoms with Gasteiger partial charge in [0.2, 0.25) is 5.91 Å². The molecule has 0 spiro atoms. The monoisotopic (exact) mass is 354 g/mol. The summed E-state index contributed by atoms with van der Waals surface area (Å²) >= 11 is 0. The van der Waals surface area contributed by atoms with Crippen molar-refractivity contribution in [3.63, 3.8) is 0 Å². The topological polar surface area (TPSA) is 80.4 Å². The number of hydrogen-bond donors (Lipinski definition) is 4. The summed E-state index contributed by atoms with van der Waals surface area (Å²) in [4.78, 5) is 16.2. The Labute approximate surface area is 153 Å². The fourth-order valence-electron chi connectivity index (χ4n) is 4.23. The van der Waals surface area contributed by atoms with Gasteiger partial charge >= 0.3 is 0 Å². The molecule has 1 amide bonds. The van der Waals surface area contributed by atoms with Crippen molar-refractivity contribution in [2.24, 2.45) is 5.92 Å². The number of hydrogen-bond acceptors (Lipinski definition) is 4. The number of carbonyl (C=O) groups excluding carboxylic acids is 1. The molecule has 4 N–H and O–H groups in total. The van der Waals surface area contributed by atoms with Gasteiger partial charge in [0, 0.05) is 49.4 Å². The zero-order chi connectivity index (χ0) is 18.3. The van der Waals surface area contributed by atoms with Gasteiger partial charge in [-0.2, -0.15) is 0 Å². The van der Waals surface area contributed by atoms with Gasteiger partial charge in [0.05, 0.1) is 5.92 Å². The van der Waals surface area contributed by atoms with Crippen LogP contribution in [0, 0.1) is 5.92 Å². The number of fused-ring (bicyclic) bond motifs is 2. The van der Waals surface area contributed by atoms with Crippen LogP contribution in [-0.2, 0) is 11.2 Å². The molecular weight excluding hydrogens is 328 g/mol. The molecule has 0 unspecified atom stereocenters. The molecule has 6 heteroatoms. The molecule has 0 saturated heterocycles. The van der Waals surface area contributed by atoms with Gasteiger partial charge in [-0.15, -0.1) is 0 Å². The van der Waals surface area contributed by atoms with Gasteiger partial charge in [-0.25, -0.2) is 5.43 Å². The van der Waals surface area contributed by atoms with Crippen LogP contribution in [0.25, 0.3) is 16.5 Å². The van der Waals surface area contributed by atoms with E-state index in [4.69, 9.17) is 5.11 Å². The van der Waals surface area contributed by atoms with Gasteiger partial charge in [0.15, 0.2) is 0 Å². The molecule has 2 aromatic rings. The molecule has 4 rings (SSSR count). The third-order valence-electron chi connectivity index (χ3n) is 5.63. The van der Waals surface area contributed by atoms with E-state index in [0.29, 0.717) is 19.5 Å². The zero-order valence-electron chi connectivity index (χ0n) is 15.3. The van der Waals surface area contributed by atoms with Crippen molar-refractivity contribution in [2.75, 3.05) is 26.7 Å². The van der Waals surface area contributed by atoms with Crippen molar-refractivity contribution in [3.05, 3.63) is 41.6 Å². The minimum Gasteiger partial charge on any atom is -0.396 e. The normalized spacial score (nSPS) is 24.3. The summed E-state index contributed by atoms with van der Waals surface area (Å²) in [5.41, 5.74) is 7.81. The highest BCUT2D eigenvalue weighted by Gasteiger charge is 2.40. The second kappa shape index (κ2) is 6.54. The number of aliphatic hydroxyl groups is 1. The number of H-pyrrole nitrogens is 1. The second-order valence-electron chi connectivity index (χ2n) is 7.50. The maximum Gasteiger partial charge on any atom is 0.244 e. The van der Waals surface area contributed by atoms with E-state index in [-0.39, 0.29) is 24.0 Å². The summed E-state index contributed by atoms with van der Waals surface area (Å²) in [5.74, 6) is -0.169. The Bertz CT molecular complexity index is 872. The predicted octanol–water partition coefficient (Wildman–Crippen LogP) is 1.43. The van der Waals surface area contributed by atoms with Crippen LogP contribution in [0.3, 0.4) is 0 Å². The summed E-state index contributed by atoms with van der Waals surface area (Å²) in [6, 6.07) is 6.32. The van der Waals surface area contributed by atoms with Gasteiger partial charge < -0.3 is 15.4 Å². The first-order valence-electron chi connectivity index (χ1n) is 9.22. The molecule has 2 heterocycles. The minimum atomic E-state index is -0.208. The maximum absolute atomic E-state index is 12.8. The molecule has 0 fully saturated rings. The average molecular weight is 354 g/mol. The van der Waals surface area contributed by atoms with E-state index in [1.807, 2.05) is 0 Å². The summed E-state index contributed by atoms with van der Waals surface area (Å²) < 4.78 is 0. The van der Waals surface area contributed by atoms with E-state index < -0.39 is 0 Å². The molecule has 0 saturated carbocycles.